The van der Waals surface area contributed by atoms with Crippen molar-refractivity contribution < 1.29 is 9.47 Å². The van der Waals surface area contributed by atoms with Crippen LogP contribution in [0.25, 0.3) is 0 Å². The second kappa shape index (κ2) is 7.33. The van der Waals surface area contributed by atoms with Gasteiger partial charge in [-0.15, -0.1) is 0 Å². The van der Waals surface area contributed by atoms with Crippen molar-refractivity contribution in [3.8, 4) is 11.5 Å². The van der Waals surface area contributed by atoms with Crippen molar-refractivity contribution in [2.75, 3.05) is 31.4 Å². The van der Waals surface area contributed by atoms with Gasteiger partial charge in [0, 0.05) is 36.6 Å². The van der Waals surface area contributed by atoms with Crippen molar-refractivity contribution in [2.24, 2.45) is 0 Å². The molecule has 6 heteroatoms. The second-order valence-corrected chi connectivity index (χ2v) is 4.42. The summed E-state index contributed by atoms with van der Waals surface area (Å²) in [6, 6.07) is 7.38. The fourth-order valence-electron chi connectivity index (χ4n) is 1.78. The number of anilines is 3. The molecular formula is C15H20N4O2. The minimum Gasteiger partial charge on any atom is -0.497 e. The van der Waals surface area contributed by atoms with Gasteiger partial charge in [0.05, 0.1) is 14.2 Å². The van der Waals surface area contributed by atoms with Crippen LogP contribution in [-0.2, 0) is 0 Å². The number of nitrogens with one attached hydrogen (secondary N) is 2. The van der Waals surface area contributed by atoms with E-state index in [1.54, 1.807) is 20.4 Å². The first kappa shape index (κ1) is 14.9. The summed E-state index contributed by atoms with van der Waals surface area (Å²) in [5.41, 5.74) is 0.839. The molecule has 2 rings (SSSR count). The normalized spacial score (nSPS) is 10.0. The molecule has 0 aliphatic heterocycles. The zero-order valence-corrected chi connectivity index (χ0v) is 12.5. The summed E-state index contributed by atoms with van der Waals surface area (Å²) in [6.07, 6.45) is 2.73. The Kier molecular flexibility index (Phi) is 5.20. The maximum absolute atomic E-state index is 5.25. The Hall–Kier alpha value is -2.50. The smallest absolute Gasteiger partial charge is 0.224 e. The SMILES string of the molecule is CCCNc1nccc(Nc2cc(OC)cc(OC)c2)n1. The standard InChI is InChI=1S/C15H20N4O2/c1-4-6-16-15-17-7-5-14(19-15)18-11-8-12(20-2)10-13(9-11)21-3/h5,7-10H,4,6H2,1-3H3,(H2,16,17,18,19). The summed E-state index contributed by atoms with van der Waals surface area (Å²) in [4.78, 5) is 8.58. The minimum atomic E-state index is 0.608. The van der Waals surface area contributed by atoms with Crippen LogP contribution in [0.4, 0.5) is 17.5 Å². The number of benzene rings is 1. The van der Waals surface area contributed by atoms with E-state index in [0.29, 0.717) is 11.8 Å². The van der Waals surface area contributed by atoms with Gasteiger partial charge in [0.15, 0.2) is 0 Å². The molecule has 112 valence electrons. The van der Waals surface area contributed by atoms with E-state index in [9.17, 15) is 0 Å². The average Bonchev–Trinajstić information content (AvgIpc) is 2.52. The predicted octanol–water partition coefficient (Wildman–Crippen LogP) is 3.06. The van der Waals surface area contributed by atoms with Crippen molar-refractivity contribution in [3.05, 3.63) is 30.5 Å². The maximum atomic E-state index is 5.25. The van der Waals surface area contributed by atoms with Gasteiger partial charge in [0.1, 0.15) is 17.3 Å². The fourth-order valence-corrected chi connectivity index (χ4v) is 1.78. The van der Waals surface area contributed by atoms with Crippen LogP contribution >= 0.6 is 0 Å². The van der Waals surface area contributed by atoms with E-state index in [1.165, 1.54) is 0 Å². The van der Waals surface area contributed by atoms with E-state index in [1.807, 2.05) is 24.3 Å². The highest BCUT2D eigenvalue weighted by molar-refractivity contribution is 5.61. The van der Waals surface area contributed by atoms with E-state index < -0.39 is 0 Å². The Bertz CT molecular complexity index is 567. The van der Waals surface area contributed by atoms with Crippen molar-refractivity contribution in [2.45, 2.75) is 13.3 Å². The van der Waals surface area contributed by atoms with Crippen molar-refractivity contribution in [1.82, 2.24) is 9.97 Å². The monoisotopic (exact) mass is 288 g/mol. The number of methoxy groups -OCH3 is 2. The van der Waals surface area contributed by atoms with E-state index >= 15 is 0 Å². The lowest BCUT2D eigenvalue weighted by Crippen LogP contribution is -2.05. The van der Waals surface area contributed by atoms with Crippen LogP contribution < -0.4 is 20.1 Å². The number of nitrogens with zero attached hydrogens (tertiary/aromatic N) is 2. The molecule has 0 bridgehead atoms. The molecule has 0 aliphatic rings. The Morgan fingerprint density at radius 2 is 1.81 bits per heavy atom. The Morgan fingerprint density at radius 1 is 1.10 bits per heavy atom. The molecule has 0 atom stereocenters. The summed E-state index contributed by atoms with van der Waals surface area (Å²) in [5, 5.41) is 6.37. The Balaban J connectivity index is 2.17. The van der Waals surface area contributed by atoms with Gasteiger partial charge in [-0.25, -0.2) is 4.98 Å². The molecule has 6 nitrogen and oxygen atoms in total. The predicted molar refractivity (Wildman–Crippen MR) is 83.6 cm³/mol. The molecule has 0 saturated carbocycles. The number of hydrogen-bond acceptors (Lipinski definition) is 6. The van der Waals surface area contributed by atoms with Gasteiger partial charge >= 0.3 is 0 Å². The van der Waals surface area contributed by atoms with Crippen LogP contribution in [0.2, 0.25) is 0 Å². The first-order valence-electron chi connectivity index (χ1n) is 6.82. The summed E-state index contributed by atoms with van der Waals surface area (Å²) in [7, 11) is 3.24. The van der Waals surface area contributed by atoms with Gasteiger partial charge in [0.25, 0.3) is 0 Å². The zero-order valence-electron chi connectivity index (χ0n) is 12.5. The molecule has 0 unspecified atom stereocenters. The molecule has 0 amide bonds. The highest BCUT2D eigenvalue weighted by Crippen LogP contribution is 2.27. The van der Waals surface area contributed by atoms with Crippen molar-refractivity contribution >= 4 is 17.5 Å². The molecule has 2 aromatic rings. The van der Waals surface area contributed by atoms with Crippen molar-refractivity contribution in [3.63, 3.8) is 0 Å². The second-order valence-electron chi connectivity index (χ2n) is 4.42. The molecule has 0 spiro atoms. The number of aromatic nitrogens is 2. The Labute approximate surface area is 124 Å². The quantitative estimate of drug-likeness (QED) is 0.816. The molecule has 0 aliphatic carbocycles. The number of ether oxygens (including phenoxy) is 2. The van der Waals surface area contributed by atoms with Gasteiger partial charge in [-0.1, -0.05) is 6.92 Å². The van der Waals surface area contributed by atoms with Crippen LogP contribution in [0.5, 0.6) is 11.5 Å². The van der Waals surface area contributed by atoms with E-state index in [-0.39, 0.29) is 0 Å². The highest BCUT2D eigenvalue weighted by atomic mass is 16.5. The Morgan fingerprint density at radius 3 is 2.43 bits per heavy atom. The zero-order chi connectivity index (χ0) is 15.1. The van der Waals surface area contributed by atoms with Gasteiger partial charge in [-0.05, 0) is 12.5 Å². The molecule has 1 aromatic heterocycles. The minimum absolute atomic E-state index is 0.608. The molecule has 2 N–H and O–H groups in total. The third-order valence-electron chi connectivity index (χ3n) is 2.81. The molecule has 1 aromatic carbocycles. The van der Waals surface area contributed by atoms with E-state index in [0.717, 1.165) is 30.2 Å². The van der Waals surface area contributed by atoms with Crippen LogP contribution in [0, 0.1) is 0 Å². The van der Waals surface area contributed by atoms with Gasteiger partial charge in [-0.3, -0.25) is 0 Å². The molecule has 21 heavy (non-hydrogen) atoms. The molecular weight excluding hydrogens is 268 g/mol. The number of hydrogen-bond donors (Lipinski definition) is 2. The van der Waals surface area contributed by atoms with Gasteiger partial charge in [0.2, 0.25) is 5.95 Å². The van der Waals surface area contributed by atoms with Gasteiger partial charge in [-0.2, -0.15) is 4.98 Å². The van der Waals surface area contributed by atoms with Crippen LogP contribution in [-0.4, -0.2) is 30.7 Å². The molecule has 1 heterocycles. The lowest BCUT2D eigenvalue weighted by molar-refractivity contribution is 0.395. The first-order valence-corrected chi connectivity index (χ1v) is 6.82. The van der Waals surface area contributed by atoms with Crippen LogP contribution in [0.15, 0.2) is 30.5 Å². The third-order valence-corrected chi connectivity index (χ3v) is 2.81. The summed E-state index contributed by atoms with van der Waals surface area (Å²) >= 11 is 0. The van der Waals surface area contributed by atoms with E-state index in [4.69, 9.17) is 9.47 Å². The fraction of sp³-hybridized carbons (Fsp3) is 0.333. The summed E-state index contributed by atoms with van der Waals surface area (Å²) in [5.74, 6) is 2.75. The summed E-state index contributed by atoms with van der Waals surface area (Å²) in [6.45, 7) is 2.94. The lowest BCUT2D eigenvalue weighted by Gasteiger charge is -2.11. The third kappa shape index (κ3) is 4.24. The summed E-state index contributed by atoms with van der Waals surface area (Å²) < 4.78 is 10.5. The molecule has 0 fully saturated rings. The molecule has 0 radical (unpaired) electrons. The van der Waals surface area contributed by atoms with E-state index in [2.05, 4.69) is 27.5 Å². The number of rotatable bonds is 7. The van der Waals surface area contributed by atoms with Crippen LogP contribution in [0.3, 0.4) is 0 Å². The molecule has 0 saturated heterocycles. The lowest BCUT2D eigenvalue weighted by atomic mass is 10.2. The largest absolute Gasteiger partial charge is 0.497 e. The highest BCUT2D eigenvalue weighted by Gasteiger charge is 2.04. The van der Waals surface area contributed by atoms with Crippen LogP contribution in [0.1, 0.15) is 13.3 Å². The van der Waals surface area contributed by atoms with Gasteiger partial charge < -0.3 is 20.1 Å². The van der Waals surface area contributed by atoms with Crippen molar-refractivity contribution in [1.29, 1.82) is 0 Å². The maximum Gasteiger partial charge on any atom is 0.224 e. The first-order chi connectivity index (χ1) is 10.2. The average molecular weight is 288 g/mol. The topological polar surface area (TPSA) is 68.3 Å².